The van der Waals surface area contributed by atoms with Gasteiger partial charge in [-0.1, -0.05) is 79.4 Å². The predicted octanol–water partition coefficient (Wildman–Crippen LogP) is 5.78. The standard InChI is InChI=1S/C28H27N5O2S2/c1-28(2)13-21-24(22(34)14-28)23(18-10-7-11-19(12-18)35-3)20(15-29)25(30)33(21)26-31-32-27(37-26)36-16-17-8-5-4-6-9-17/h4-12,23H,13-14,16,30H2,1-3H3. The van der Waals surface area contributed by atoms with Gasteiger partial charge < -0.3 is 10.5 Å². The van der Waals surface area contributed by atoms with E-state index in [0.717, 1.165) is 21.4 Å². The first kappa shape index (κ1) is 25.1. The third-order valence-electron chi connectivity index (χ3n) is 6.60. The number of thioether (sulfide) groups is 1. The summed E-state index contributed by atoms with van der Waals surface area (Å²) in [7, 11) is 1.60. The molecule has 0 spiro atoms. The van der Waals surface area contributed by atoms with Crippen LogP contribution in [0, 0.1) is 16.7 Å². The molecule has 5 rings (SSSR count). The largest absolute Gasteiger partial charge is 0.497 e. The number of nitrogens with zero attached hydrogens (tertiary/aromatic N) is 4. The lowest BCUT2D eigenvalue weighted by Crippen LogP contribution is -2.42. The minimum atomic E-state index is -0.560. The summed E-state index contributed by atoms with van der Waals surface area (Å²) in [4.78, 5) is 15.5. The number of nitrogens with two attached hydrogens (primary N) is 1. The summed E-state index contributed by atoms with van der Waals surface area (Å²) in [5.74, 6) is 1.17. The highest BCUT2D eigenvalue weighted by molar-refractivity contribution is 8.00. The van der Waals surface area contributed by atoms with Crippen LogP contribution in [0.15, 0.2) is 81.6 Å². The molecule has 188 valence electrons. The van der Waals surface area contributed by atoms with E-state index in [9.17, 15) is 10.1 Å². The number of benzene rings is 2. The lowest BCUT2D eigenvalue weighted by molar-refractivity contribution is -0.118. The van der Waals surface area contributed by atoms with Crippen LogP contribution in [0.25, 0.3) is 0 Å². The van der Waals surface area contributed by atoms with E-state index >= 15 is 0 Å². The monoisotopic (exact) mass is 529 g/mol. The van der Waals surface area contributed by atoms with Crippen molar-refractivity contribution >= 4 is 34.0 Å². The fourth-order valence-corrected chi connectivity index (χ4v) is 6.79. The zero-order valence-corrected chi connectivity index (χ0v) is 22.5. The number of Topliss-reactive ketones (excluding diaryl/α,β-unsaturated/α-hetero) is 1. The SMILES string of the molecule is COc1cccc(C2C(C#N)=C(N)N(c3nnc(SCc4ccccc4)s3)C3=C2C(=O)CC(C)(C)C3)c1. The number of aromatic nitrogens is 2. The Kier molecular flexibility index (Phi) is 6.80. The second kappa shape index (κ2) is 10.0. The number of carbonyl (C=O) groups is 1. The molecule has 0 radical (unpaired) electrons. The third kappa shape index (κ3) is 4.87. The number of hydrogen-bond acceptors (Lipinski definition) is 9. The highest BCUT2D eigenvalue weighted by atomic mass is 32.2. The number of nitriles is 1. The van der Waals surface area contributed by atoms with E-state index < -0.39 is 5.92 Å². The summed E-state index contributed by atoms with van der Waals surface area (Å²) in [5.41, 5.74) is 10.2. The summed E-state index contributed by atoms with van der Waals surface area (Å²) >= 11 is 3.01. The van der Waals surface area contributed by atoms with Gasteiger partial charge in [0.05, 0.1) is 24.7 Å². The quantitative estimate of drug-likeness (QED) is 0.401. The first-order valence-corrected chi connectivity index (χ1v) is 13.7. The van der Waals surface area contributed by atoms with E-state index in [0.29, 0.717) is 34.9 Å². The molecule has 1 aliphatic heterocycles. The average Bonchev–Trinajstić information content (AvgIpc) is 3.35. The molecule has 0 bridgehead atoms. The molecule has 0 amide bonds. The van der Waals surface area contributed by atoms with E-state index in [1.54, 1.807) is 23.8 Å². The molecule has 1 unspecified atom stereocenters. The van der Waals surface area contributed by atoms with Crippen LogP contribution in [-0.4, -0.2) is 23.1 Å². The maximum absolute atomic E-state index is 13.7. The average molecular weight is 530 g/mol. The molecule has 3 aromatic rings. The molecule has 2 aromatic carbocycles. The second-order valence-electron chi connectivity index (χ2n) is 9.88. The van der Waals surface area contributed by atoms with Gasteiger partial charge in [-0.2, -0.15) is 5.26 Å². The Hall–Kier alpha value is -3.61. The molecule has 2 heterocycles. The summed E-state index contributed by atoms with van der Waals surface area (Å²) in [5, 5.41) is 19.7. The first-order chi connectivity index (χ1) is 17.8. The van der Waals surface area contributed by atoms with Crippen molar-refractivity contribution in [2.75, 3.05) is 12.0 Å². The Morgan fingerprint density at radius 3 is 2.70 bits per heavy atom. The number of allylic oxidation sites excluding steroid dienone is 3. The van der Waals surface area contributed by atoms with Crippen LogP contribution in [-0.2, 0) is 10.5 Å². The number of carbonyl (C=O) groups excluding carboxylic acids is 1. The molecule has 1 atom stereocenters. The maximum atomic E-state index is 13.7. The van der Waals surface area contributed by atoms with E-state index in [2.05, 4.69) is 42.2 Å². The normalized spacial score (nSPS) is 19.0. The van der Waals surface area contributed by atoms with Crippen molar-refractivity contribution in [2.45, 2.75) is 42.7 Å². The van der Waals surface area contributed by atoms with Crippen LogP contribution in [0.4, 0.5) is 5.13 Å². The molecule has 2 N–H and O–H groups in total. The Morgan fingerprint density at radius 2 is 1.97 bits per heavy atom. The number of rotatable bonds is 6. The molecule has 1 aromatic heterocycles. The van der Waals surface area contributed by atoms with E-state index in [1.807, 2.05) is 42.5 Å². The minimum absolute atomic E-state index is 0.0208. The Balaban J connectivity index is 1.59. The summed E-state index contributed by atoms with van der Waals surface area (Å²) in [6.45, 7) is 4.16. The fraction of sp³-hybridized carbons (Fsp3) is 0.286. The highest BCUT2D eigenvalue weighted by Gasteiger charge is 2.45. The van der Waals surface area contributed by atoms with E-state index in [1.165, 1.54) is 16.9 Å². The maximum Gasteiger partial charge on any atom is 0.219 e. The number of ketones is 1. The van der Waals surface area contributed by atoms with Crippen molar-refractivity contribution in [3.05, 3.63) is 88.4 Å². The number of methoxy groups -OCH3 is 1. The number of ether oxygens (including phenoxy) is 1. The molecule has 9 heteroatoms. The molecule has 0 fully saturated rings. The molecule has 2 aliphatic rings. The summed E-state index contributed by atoms with van der Waals surface area (Å²) < 4.78 is 6.22. The van der Waals surface area contributed by atoms with Crippen LogP contribution in [0.5, 0.6) is 5.75 Å². The van der Waals surface area contributed by atoms with Crippen molar-refractivity contribution < 1.29 is 9.53 Å². The van der Waals surface area contributed by atoms with Gasteiger partial charge in [-0.25, -0.2) is 0 Å². The Morgan fingerprint density at radius 1 is 1.19 bits per heavy atom. The zero-order chi connectivity index (χ0) is 26.2. The number of hydrogen-bond donors (Lipinski definition) is 1. The van der Waals surface area contributed by atoms with Gasteiger partial charge >= 0.3 is 0 Å². The molecule has 37 heavy (non-hydrogen) atoms. The first-order valence-electron chi connectivity index (χ1n) is 11.9. The molecule has 1 aliphatic carbocycles. The van der Waals surface area contributed by atoms with Gasteiger partial charge in [0.15, 0.2) is 10.1 Å². The van der Waals surface area contributed by atoms with Gasteiger partial charge in [0.25, 0.3) is 0 Å². The van der Waals surface area contributed by atoms with E-state index in [-0.39, 0.29) is 17.0 Å². The molecule has 0 saturated heterocycles. The van der Waals surface area contributed by atoms with Crippen LogP contribution >= 0.6 is 23.1 Å². The van der Waals surface area contributed by atoms with Gasteiger partial charge in [-0.05, 0) is 35.1 Å². The van der Waals surface area contributed by atoms with Crippen LogP contribution < -0.4 is 15.4 Å². The van der Waals surface area contributed by atoms with Crippen molar-refractivity contribution in [3.8, 4) is 11.8 Å². The second-order valence-corrected chi connectivity index (χ2v) is 12.1. The van der Waals surface area contributed by atoms with Crippen molar-refractivity contribution in [1.29, 1.82) is 5.26 Å². The van der Waals surface area contributed by atoms with Gasteiger partial charge in [0, 0.05) is 23.4 Å². The molecule has 7 nitrogen and oxygen atoms in total. The van der Waals surface area contributed by atoms with Crippen LogP contribution in [0.3, 0.4) is 0 Å². The van der Waals surface area contributed by atoms with Crippen molar-refractivity contribution in [1.82, 2.24) is 10.2 Å². The molecular weight excluding hydrogens is 502 g/mol. The minimum Gasteiger partial charge on any atom is -0.497 e. The smallest absolute Gasteiger partial charge is 0.219 e. The Bertz CT molecular complexity index is 1450. The summed E-state index contributed by atoms with van der Waals surface area (Å²) in [6.07, 6.45) is 1.02. The van der Waals surface area contributed by atoms with Crippen LogP contribution in [0.1, 0.15) is 43.7 Å². The van der Waals surface area contributed by atoms with E-state index in [4.69, 9.17) is 10.5 Å². The zero-order valence-electron chi connectivity index (χ0n) is 20.9. The predicted molar refractivity (Wildman–Crippen MR) is 146 cm³/mol. The van der Waals surface area contributed by atoms with Crippen molar-refractivity contribution in [2.24, 2.45) is 11.1 Å². The van der Waals surface area contributed by atoms with Gasteiger partial charge in [-0.3, -0.25) is 9.69 Å². The summed E-state index contributed by atoms with van der Waals surface area (Å²) in [6, 6.07) is 20.0. The van der Waals surface area contributed by atoms with Crippen LogP contribution in [0.2, 0.25) is 0 Å². The lowest BCUT2D eigenvalue weighted by Gasteiger charge is -2.42. The Labute approximate surface area is 224 Å². The van der Waals surface area contributed by atoms with Gasteiger partial charge in [-0.15, -0.1) is 10.2 Å². The fourth-order valence-electron chi connectivity index (χ4n) is 4.95. The lowest BCUT2D eigenvalue weighted by atomic mass is 9.68. The molecule has 0 saturated carbocycles. The third-order valence-corrected chi connectivity index (χ3v) is 8.71. The molecular formula is C28H27N5O2S2. The highest BCUT2D eigenvalue weighted by Crippen LogP contribution is 2.51. The van der Waals surface area contributed by atoms with Gasteiger partial charge in [0.1, 0.15) is 11.6 Å². The van der Waals surface area contributed by atoms with Gasteiger partial charge in [0.2, 0.25) is 5.13 Å². The number of anilines is 1. The topological polar surface area (TPSA) is 105 Å². The van der Waals surface area contributed by atoms with Crippen molar-refractivity contribution in [3.63, 3.8) is 0 Å².